The predicted octanol–water partition coefficient (Wildman–Crippen LogP) is 2.54. The maximum Gasteiger partial charge on any atom is 0.233 e. The van der Waals surface area contributed by atoms with Gasteiger partial charge in [0.25, 0.3) is 0 Å². The van der Waals surface area contributed by atoms with E-state index >= 15 is 0 Å². The van der Waals surface area contributed by atoms with Crippen molar-refractivity contribution in [2.75, 3.05) is 5.84 Å². The van der Waals surface area contributed by atoms with Crippen molar-refractivity contribution >= 4 is 17.7 Å². The van der Waals surface area contributed by atoms with Gasteiger partial charge in [0.05, 0.1) is 11.3 Å². The Morgan fingerprint density at radius 1 is 1.32 bits per heavy atom. The van der Waals surface area contributed by atoms with Crippen molar-refractivity contribution < 1.29 is 4.79 Å². The summed E-state index contributed by atoms with van der Waals surface area (Å²) in [5.41, 5.74) is 2.59. The maximum atomic E-state index is 12.7. The average Bonchev–Trinajstić information content (AvgIpc) is 3.40. The highest BCUT2D eigenvalue weighted by Gasteiger charge is 2.31. The van der Waals surface area contributed by atoms with E-state index in [1.165, 1.54) is 22.9 Å². The number of hydrogen-bond donors (Lipinski definition) is 2. The summed E-state index contributed by atoms with van der Waals surface area (Å²) in [6.45, 7) is 1.89. The minimum Gasteiger partial charge on any atom is -0.348 e. The van der Waals surface area contributed by atoms with Gasteiger partial charge in [-0.25, -0.2) is 4.68 Å². The van der Waals surface area contributed by atoms with Gasteiger partial charge in [-0.1, -0.05) is 36.0 Å². The number of aryl methyl sites for hydroxylation is 1. The Labute approximate surface area is 151 Å². The van der Waals surface area contributed by atoms with Crippen molar-refractivity contribution in [1.29, 1.82) is 0 Å². The predicted molar refractivity (Wildman–Crippen MR) is 97.7 cm³/mol. The van der Waals surface area contributed by atoms with E-state index in [4.69, 9.17) is 5.84 Å². The third kappa shape index (κ3) is 3.38. The summed E-state index contributed by atoms with van der Waals surface area (Å²) in [5, 5.41) is 11.9. The smallest absolute Gasteiger partial charge is 0.233 e. The second kappa shape index (κ2) is 6.71. The van der Waals surface area contributed by atoms with Crippen LogP contribution in [-0.2, 0) is 11.2 Å². The van der Waals surface area contributed by atoms with Crippen molar-refractivity contribution in [2.24, 2.45) is 0 Å². The Hall–Kier alpha value is -2.02. The molecule has 0 spiro atoms. The first kappa shape index (κ1) is 16.4. The zero-order valence-electron chi connectivity index (χ0n) is 14.3. The molecule has 2 aromatic rings. The van der Waals surface area contributed by atoms with E-state index in [0.717, 1.165) is 37.9 Å². The molecule has 2 aliphatic carbocycles. The molecule has 2 aliphatic rings. The number of carbonyl (C=O) groups excluding carboxylic acids is 1. The number of nitrogens with zero attached hydrogens (tertiary/aromatic N) is 3. The molecule has 0 aliphatic heterocycles. The fraction of sp³-hybridized carbons (Fsp3) is 0.500. The van der Waals surface area contributed by atoms with Gasteiger partial charge in [-0.2, -0.15) is 0 Å². The van der Waals surface area contributed by atoms with Crippen molar-refractivity contribution in [3.05, 3.63) is 41.2 Å². The van der Waals surface area contributed by atoms with Crippen molar-refractivity contribution in [3.8, 4) is 0 Å². The van der Waals surface area contributed by atoms with Crippen LogP contribution in [0.2, 0.25) is 0 Å². The molecule has 1 aromatic heterocycles. The van der Waals surface area contributed by atoms with Crippen LogP contribution in [-0.4, -0.2) is 26.0 Å². The molecule has 0 bridgehead atoms. The molecule has 0 saturated heterocycles. The molecular weight excluding hydrogens is 334 g/mol. The SMILES string of the molecule is C[C@@H](Sc1nnc(C2CC2)n1N)C(=O)N[C@H]1CCCc2ccccc21. The zero-order chi connectivity index (χ0) is 17.4. The molecule has 1 fully saturated rings. The lowest BCUT2D eigenvalue weighted by atomic mass is 9.88. The van der Waals surface area contributed by atoms with Gasteiger partial charge in [-0.05, 0) is 50.2 Å². The number of fused-ring (bicyclic) bond motifs is 1. The fourth-order valence-electron chi connectivity index (χ4n) is 3.39. The summed E-state index contributed by atoms with van der Waals surface area (Å²) in [7, 11) is 0. The molecule has 7 heteroatoms. The van der Waals surface area contributed by atoms with Crippen molar-refractivity contribution in [2.45, 2.75) is 61.4 Å². The van der Waals surface area contributed by atoms with E-state index in [0.29, 0.717) is 11.1 Å². The number of nitrogen functional groups attached to an aromatic ring is 1. The normalized spacial score (nSPS) is 20.8. The van der Waals surface area contributed by atoms with Crippen LogP contribution in [0.3, 0.4) is 0 Å². The fourth-order valence-corrected chi connectivity index (χ4v) is 4.18. The van der Waals surface area contributed by atoms with Gasteiger partial charge in [0.2, 0.25) is 11.1 Å². The second-order valence-electron chi connectivity index (χ2n) is 6.90. The lowest BCUT2D eigenvalue weighted by Crippen LogP contribution is -2.36. The van der Waals surface area contributed by atoms with E-state index in [1.807, 2.05) is 13.0 Å². The standard InChI is InChI=1S/C18H23N5OS/c1-11(25-18-22-21-16(23(18)19)13-9-10-13)17(24)20-15-8-4-6-12-5-2-3-7-14(12)15/h2-3,5,7,11,13,15H,4,6,8-10,19H2,1H3,(H,20,24)/t11-,15+/m1/s1. The highest BCUT2D eigenvalue weighted by atomic mass is 32.2. The van der Waals surface area contributed by atoms with Crippen LogP contribution >= 0.6 is 11.8 Å². The minimum absolute atomic E-state index is 0.0164. The summed E-state index contributed by atoms with van der Waals surface area (Å²) in [5.74, 6) is 7.37. The number of aromatic nitrogens is 3. The van der Waals surface area contributed by atoms with E-state index in [9.17, 15) is 4.79 Å². The number of nitrogens with two attached hydrogens (primary N) is 1. The Morgan fingerprint density at radius 3 is 2.92 bits per heavy atom. The highest BCUT2D eigenvalue weighted by Crippen LogP contribution is 2.39. The molecule has 1 aromatic carbocycles. The first-order chi connectivity index (χ1) is 12.1. The summed E-state index contributed by atoms with van der Waals surface area (Å²) in [6.07, 6.45) is 5.42. The molecular formula is C18H23N5OS. The van der Waals surface area contributed by atoms with Crippen LogP contribution in [0.15, 0.2) is 29.4 Å². The Bertz CT molecular complexity index is 786. The van der Waals surface area contributed by atoms with Gasteiger partial charge < -0.3 is 11.2 Å². The first-order valence-electron chi connectivity index (χ1n) is 8.88. The number of nitrogens with one attached hydrogen (secondary N) is 1. The maximum absolute atomic E-state index is 12.7. The molecule has 25 heavy (non-hydrogen) atoms. The van der Waals surface area contributed by atoms with E-state index in [1.54, 1.807) is 4.68 Å². The number of carbonyl (C=O) groups is 1. The van der Waals surface area contributed by atoms with Gasteiger partial charge in [0.15, 0.2) is 5.82 Å². The van der Waals surface area contributed by atoms with Gasteiger partial charge >= 0.3 is 0 Å². The number of thioether (sulfide) groups is 1. The zero-order valence-corrected chi connectivity index (χ0v) is 15.1. The lowest BCUT2D eigenvalue weighted by molar-refractivity contribution is -0.121. The molecule has 4 rings (SSSR count). The molecule has 6 nitrogen and oxygen atoms in total. The van der Waals surface area contributed by atoms with E-state index in [2.05, 4.69) is 33.7 Å². The highest BCUT2D eigenvalue weighted by molar-refractivity contribution is 8.00. The van der Waals surface area contributed by atoms with Crippen molar-refractivity contribution in [3.63, 3.8) is 0 Å². The van der Waals surface area contributed by atoms with Gasteiger partial charge in [-0.3, -0.25) is 4.79 Å². The number of rotatable bonds is 5. The summed E-state index contributed by atoms with van der Waals surface area (Å²) < 4.78 is 1.54. The third-order valence-electron chi connectivity index (χ3n) is 4.97. The first-order valence-corrected chi connectivity index (χ1v) is 9.76. The topological polar surface area (TPSA) is 85.8 Å². The molecule has 3 N–H and O–H groups in total. The third-order valence-corrected chi connectivity index (χ3v) is 6.03. The largest absolute Gasteiger partial charge is 0.348 e. The molecule has 1 saturated carbocycles. The van der Waals surface area contributed by atoms with E-state index < -0.39 is 0 Å². The summed E-state index contributed by atoms with van der Waals surface area (Å²) in [6, 6.07) is 8.47. The van der Waals surface area contributed by atoms with Crippen LogP contribution in [0.1, 0.15) is 61.5 Å². The van der Waals surface area contributed by atoms with Crippen molar-refractivity contribution in [1.82, 2.24) is 20.2 Å². The Balaban J connectivity index is 1.41. The van der Waals surface area contributed by atoms with Gasteiger partial charge in [0.1, 0.15) is 0 Å². The number of hydrogen-bond acceptors (Lipinski definition) is 5. The van der Waals surface area contributed by atoms with E-state index in [-0.39, 0.29) is 17.2 Å². The lowest BCUT2D eigenvalue weighted by Gasteiger charge is -2.27. The van der Waals surface area contributed by atoms with Crippen LogP contribution in [0.5, 0.6) is 0 Å². The van der Waals surface area contributed by atoms with Gasteiger partial charge in [0, 0.05) is 5.92 Å². The molecule has 1 heterocycles. The van der Waals surface area contributed by atoms with Crippen LogP contribution < -0.4 is 11.2 Å². The minimum atomic E-state index is -0.271. The second-order valence-corrected chi connectivity index (χ2v) is 8.21. The molecule has 2 atom stereocenters. The molecule has 1 amide bonds. The van der Waals surface area contributed by atoms with Crippen LogP contribution in [0.25, 0.3) is 0 Å². The van der Waals surface area contributed by atoms with Crippen LogP contribution in [0, 0.1) is 0 Å². The number of benzene rings is 1. The molecule has 0 unspecified atom stereocenters. The summed E-state index contributed by atoms with van der Waals surface area (Å²) >= 11 is 1.37. The Morgan fingerprint density at radius 2 is 2.12 bits per heavy atom. The number of amides is 1. The monoisotopic (exact) mass is 357 g/mol. The quantitative estimate of drug-likeness (QED) is 0.634. The average molecular weight is 357 g/mol. The molecule has 0 radical (unpaired) electrons. The van der Waals surface area contributed by atoms with Gasteiger partial charge in [-0.15, -0.1) is 10.2 Å². The molecule has 132 valence electrons. The summed E-state index contributed by atoms with van der Waals surface area (Å²) in [4.78, 5) is 12.7. The Kier molecular flexibility index (Phi) is 4.41. The van der Waals surface area contributed by atoms with Crippen LogP contribution in [0.4, 0.5) is 0 Å².